The SMILES string of the molecule is COC(=O)C(C)(C)C(=O)Nc1ccc(Oc2c(C)c(C)c(O)c(C)c2C)cc1. The molecule has 0 aliphatic heterocycles. The molecule has 0 bridgehead atoms. The van der Waals surface area contributed by atoms with Crippen molar-refractivity contribution in [2.24, 2.45) is 5.41 Å². The highest BCUT2D eigenvalue weighted by Gasteiger charge is 2.37. The molecule has 6 nitrogen and oxygen atoms in total. The average molecular weight is 385 g/mol. The Bertz CT molecular complexity index is 885. The van der Waals surface area contributed by atoms with Crippen molar-refractivity contribution >= 4 is 17.6 Å². The van der Waals surface area contributed by atoms with Crippen LogP contribution in [0.2, 0.25) is 0 Å². The summed E-state index contributed by atoms with van der Waals surface area (Å²) >= 11 is 0. The maximum absolute atomic E-state index is 12.3. The fourth-order valence-corrected chi connectivity index (χ4v) is 2.77. The Balaban J connectivity index is 2.21. The summed E-state index contributed by atoms with van der Waals surface area (Å²) < 4.78 is 10.7. The number of carbonyl (C=O) groups excluding carboxylic acids is 2. The number of hydrogen-bond donors (Lipinski definition) is 2. The van der Waals surface area contributed by atoms with Gasteiger partial charge in [0, 0.05) is 5.69 Å². The number of phenolic OH excluding ortho intramolecular Hbond substituents is 1. The van der Waals surface area contributed by atoms with Gasteiger partial charge in [-0.05, 0) is 88.1 Å². The van der Waals surface area contributed by atoms with Gasteiger partial charge in [-0.25, -0.2) is 0 Å². The lowest BCUT2D eigenvalue weighted by Crippen LogP contribution is -2.38. The number of amides is 1. The average Bonchev–Trinajstić information content (AvgIpc) is 2.68. The zero-order valence-electron chi connectivity index (χ0n) is 17.4. The Morgan fingerprint density at radius 2 is 1.43 bits per heavy atom. The van der Waals surface area contributed by atoms with E-state index in [9.17, 15) is 14.7 Å². The Labute approximate surface area is 165 Å². The second-order valence-corrected chi connectivity index (χ2v) is 7.37. The Hall–Kier alpha value is -3.02. The monoisotopic (exact) mass is 385 g/mol. The number of esters is 1. The Morgan fingerprint density at radius 1 is 0.929 bits per heavy atom. The molecule has 0 fully saturated rings. The van der Waals surface area contributed by atoms with Crippen molar-refractivity contribution in [2.45, 2.75) is 41.5 Å². The minimum atomic E-state index is -1.29. The molecule has 0 unspecified atom stereocenters. The van der Waals surface area contributed by atoms with Gasteiger partial charge < -0.3 is 19.9 Å². The van der Waals surface area contributed by atoms with Crippen molar-refractivity contribution < 1.29 is 24.2 Å². The fraction of sp³-hybridized carbons (Fsp3) is 0.364. The Morgan fingerprint density at radius 3 is 1.89 bits per heavy atom. The van der Waals surface area contributed by atoms with Crippen molar-refractivity contribution in [3.8, 4) is 17.2 Å². The summed E-state index contributed by atoms with van der Waals surface area (Å²) in [4.78, 5) is 24.1. The quantitative estimate of drug-likeness (QED) is 0.582. The maximum atomic E-state index is 12.3. The molecule has 0 aliphatic carbocycles. The lowest BCUT2D eigenvalue weighted by Gasteiger charge is -2.21. The number of ether oxygens (including phenoxy) is 2. The minimum absolute atomic E-state index is 0.286. The van der Waals surface area contributed by atoms with Crippen LogP contribution >= 0.6 is 0 Å². The summed E-state index contributed by atoms with van der Waals surface area (Å²) in [5, 5.41) is 12.9. The van der Waals surface area contributed by atoms with E-state index in [1.54, 1.807) is 24.3 Å². The molecule has 150 valence electrons. The highest BCUT2D eigenvalue weighted by molar-refractivity contribution is 6.08. The van der Waals surface area contributed by atoms with Crippen LogP contribution < -0.4 is 10.1 Å². The number of benzene rings is 2. The second-order valence-electron chi connectivity index (χ2n) is 7.37. The van der Waals surface area contributed by atoms with Crippen LogP contribution in [-0.4, -0.2) is 24.1 Å². The van der Waals surface area contributed by atoms with Crippen LogP contribution in [0.25, 0.3) is 0 Å². The van der Waals surface area contributed by atoms with Crippen molar-refractivity contribution in [2.75, 3.05) is 12.4 Å². The number of aromatic hydroxyl groups is 1. The first-order valence-corrected chi connectivity index (χ1v) is 8.97. The van der Waals surface area contributed by atoms with Gasteiger partial charge >= 0.3 is 5.97 Å². The van der Waals surface area contributed by atoms with E-state index >= 15 is 0 Å². The first kappa shape index (κ1) is 21.3. The van der Waals surface area contributed by atoms with Gasteiger partial charge in [0.15, 0.2) is 0 Å². The zero-order chi connectivity index (χ0) is 21.2. The van der Waals surface area contributed by atoms with Gasteiger partial charge in [0.1, 0.15) is 22.7 Å². The highest BCUT2D eigenvalue weighted by Crippen LogP contribution is 2.38. The van der Waals surface area contributed by atoms with E-state index in [-0.39, 0.29) is 5.75 Å². The van der Waals surface area contributed by atoms with E-state index in [0.29, 0.717) is 17.2 Å². The predicted octanol–water partition coefficient (Wildman–Crippen LogP) is 4.56. The molecule has 0 atom stereocenters. The van der Waals surface area contributed by atoms with Gasteiger partial charge in [-0.2, -0.15) is 0 Å². The van der Waals surface area contributed by atoms with Crippen molar-refractivity contribution in [1.82, 2.24) is 0 Å². The number of anilines is 1. The largest absolute Gasteiger partial charge is 0.507 e. The third kappa shape index (κ3) is 3.96. The van der Waals surface area contributed by atoms with Crippen LogP contribution in [0.4, 0.5) is 5.69 Å². The first-order chi connectivity index (χ1) is 13.0. The van der Waals surface area contributed by atoms with Gasteiger partial charge in [-0.1, -0.05) is 0 Å². The van der Waals surface area contributed by atoms with Gasteiger partial charge in [0.25, 0.3) is 0 Å². The molecule has 0 aliphatic rings. The second kappa shape index (κ2) is 7.92. The molecular formula is C22H27NO5. The molecule has 2 aromatic carbocycles. The first-order valence-electron chi connectivity index (χ1n) is 8.97. The smallest absolute Gasteiger partial charge is 0.320 e. The number of hydrogen-bond acceptors (Lipinski definition) is 5. The number of rotatable bonds is 5. The van der Waals surface area contributed by atoms with E-state index in [1.165, 1.54) is 21.0 Å². The third-order valence-electron chi connectivity index (χ3n) is 5.11. The lowest BCUT2D eigenvalue weighted by molar-refractivity contribution is -0.154. The summed E-state index contributed by atoms with van der Waals surface area (Å²) in [6.07, 6.45) is 0. The van der Waals surface area contributed by atoms with Crippen LogP contribution in [0.1, 0.15) is 36.1 Å². The molecule has 0 saturated carbocycles. The molecule has 0 heterocycles. The van der Waals surface area contributed by atoms with Crippen LogP contribution in [-0.2, 0) is 14.3 Å². The summed E-state index contributed by atoms with van der Waals surface area (Å²) in [5.41, 5.74) is 2.56. The van der Waals surface area contributed by atoms with Crippen molar-refractivity contribution in [1.29, 1.82) is 0 Å². The van der Waals surface area contributed by atoms with Gasteiger partial charge in [-0.15, -0.1) is 0 Å². The molecule has 28 heavy (non-hydrogen) atoms. The maximum Gasteiger partial charge on any atom is 0.320 e. The van der Waals surface area contributed by atoms with Crippen LogP contribution in [0.5, 0.6) is 17.2 Å². The van der Waals surface area contributed by atoms with E-state index in [1.807, 2.05) is 27.7 Å². The van der Waals surface area contributed by atoms with Crippen molar-refractivity contribution in [3.05, 3.63) is 46.5 Å². The molecule has 2 N–H and O–H groups in total. The molecular weight excluding hydrogens is 358 g/mol. The van der Waals surface area contributed by atoms with Gasteiger partial charge in [-0.3, -0.25) is 9.59 Å². The zero-order valence-corrected chi connectivity index (χ0v) is 17.4. The number of nitrogens with one attached hydrogen (secondary N) is 1. The molecule has 0 saturated heterocycles. The summed E-state index contributed by atoms with van der Waals surface area (Å²) in [6, 6.07) is 6.87. The molecule has 0 aromatic heterocycles. The van der Waals surface area contributed by atoms with E-state index < -0.39 is 17.3 Å². The van der Waals surface area contributed by atoms with Crippen LogP contribution in [0, 0.1) is 33.1 Å². The normalized spacial score (nSPS) is 11.1. The lowest BCUT2D eigenvalue weighted by atomic mass is 9.92. The highest BCUT2D eigenvalue weighted by atomic mass is 16.5. The topological polar surface area (TPSA) is 84.9 Å². The molecule has 2 rings (SSSR count). The van der Waals surface area contributed by atoms with Crippen LogP contribution in [0.3, 0.4) is 0 Å². The Kier molecular flexibility index (Phi) is 6.02. The molecule has 0 spiro atoms. The summed E-state index contributed by atoms with van der Waals surface area (Å²) in [6.45, 7) is 10.5. The van der Waals surface area contributed by atoms with Gasteiger partial charge in [0.05, 0.1) is 7.11 Å². The molecule has 0 radical (unpaired) electrons. The number of phenols is 1. The fourth-order valence-electron chi connectivity index (χ4n) is 2.77. The van der Waals surface area contributed by atoms with Crippen LogP contribution in [0.15, 0.2) is 24.3 Å². The van der Waals surface area contributed by atoms with E-state index in [0.717, 1.165) is 22.3 Å². The molecule has 2 aromatic rings. The molecule has 1 amide bonds. The van der Waals surface area contributed by atoms with Gasteiger partial charge in [0.2, 0.25) is 5.91 Å². The minimum Gasteiger partial charge on any atom is -0.507 e. The van der Waals surface area contributed by atoms with Crippen molar-refractivity contribution in [3.63, 3.8) is 0 Å². The number of methoxy groups -OCH3 is 1. The van der Waals surface area contributed by atoms with E-state index in [2.05, 4.69) is 10.1 Å². The third-order valence-corrected chi connectivity index (χ3v) is 5.11. The summed E-state index contributed by atoms with van der Waals surface area (Å²) in [5.74, 6) is 0.532. The number of carbonyl (C=O) groups is 2. The van der Waals surface area contributed by atoms with E-state index in [4.69, 9.17) is 4.74 Å². The standard InChI is InChI=1S/C22H27NO5/c1-12-14(3)19(15(4)13(2)18(12)24)28-17-10-8-16(9-11-17)23-20(25)22(5,6)21(26)27-7/h8-11,24H,1-7H3,(H,23,25). The predicted molar refractivity (Wildman–Crippen MR) is 108 cm³/mol. The molecule has 6 heteroatoms. The summed E-state index contributed by atoms with van der Waals surface area (Å²) in [7, 11) is 1.25.